The number of aldehydes is 1. The molecule has 1 heterocycles. The van der Waals surface area contributed by atoms with Crippen LogP contribution >= 0.6 is 34.5 Å². The van der Waals surface area contributed by atoms with Crippen molar-refractivity contribution in [3.05, 3.63) is 62.7 Å². The van der Waals surface area contributed by atoms with Gasteiger partial charge in [-0.1, -0.05) is 47.5 Å². The van der Waals surface area contributed by atoms with Crippen molar-refractivity contribution < 1.29 is 9.18 Å². The van der Waals surface area contributed by atoms with Gasteiger partial charge in [-0.15, -0.1) is 11.3 Å². The van der Waals surface area contributed by atoms with Crippen LogP contribution in [0.15, 0.2) is 47.3 Å². The number of hydrogen-bond acceptors (Lipinski definition) is 2. The van der Waals surface area contributed by atoms with E-state index in [4.69, 9.17) is 23.2 Å². The molecule has 5 heteroatoms. The standard InChI is InChI=1S/C16H9Cl2FOS/c17-12-5-2-9(3-6-13(12)19)10-1-4-11-14(7-10)21-15(8-20)16(11)18/h1-4,6-8H,5H2. The summed E-state index contributed by atoms with van der Waals surface area (Å²) < 4.78 is 14.4. The van der Waals surface area contributed by atoms with Gasteiger partial charge in [0, 0.05) is 16.5 Å². The van der Waals surface area contributed by atoms with Crippen molar-refractivity contribution in [3.8, 4) is 0 Å². The summed E-state index contributed by atoms with van der Waals surface area (Å²) in [5.74, 6) is -0.411. The molecule has 3 rings (SSSR count). The Kier molecular flexibility index (Phi) is 3.98. The second-order valence-corrected chi connectivity index (χ2v) is 6.48. The summed E-state index contributed by atoms with van der Waals surface area (Å²) in [5, 5.41) is 1.54. The van der Waals surface area contributed by atoms with Crippen molar-refractivity contribution in [2.45, 2.75) is 6.42 Å². The molecule has 0 saturated carbocycles. The Morgan fingerprint density at radius 1 is 1.24 bits per heavy atom. The van der Waals surface area contributed by atoms with Crippen molar-refractivity contribution >= 4 is 56.5 Å². The Bertz CT molecular complexity index is 830. The minimum absolute atomic E-state index is 0.199. The highest BCUT2D eigenvalue weighted by molar-refractivity contribution is 7.21. The summed E-state index contributed by atoms with van der Waals surface area (Å²) in [6.45, 7) is 0. The SMILES string of the molecule is O=Cc1sc2cc(C3=CCC(Cl)=C(F)C=C3)ccc2c1Cl. The Labute approximate surface area is 135 Å². The van der Waals surface area contributed by atoms with Crippen LogP contribution in [-0.2, 0) is 0 Å². The largest absolute Gasteiger partial charge is 0.297 e. The second kappa shape index (κ2) is 5.76. The van der Waals surface area contributed by atoms with Crippen LogP contribution in [0.4, 0.5) is 4.39 Å². The molecule has 1 aromatic heterocycles. The fourth-order valence-electron chi connectivity index (χ4n) is 2.17. The van der Waals surface area contributed by atoms with Crippen LogP contribution in [0, 0.1) is 0 Å². The zero-order valence-corrected chi connectivity index (χ0v) is 13.0. The van der Waals surface area contributed by atoms with E-state index in [2.05, 4.69) is 0 Å². The monoisotopic (exact) mass is 338 g/mol. The van der Waals surface area contributed by atoms with E-state index >= 15 is 0 Å². The maximum Gasteiger partial charge on any atom is 0.161 e. The van der Waals surface area contributed by atoms with Crippen LogP contribution in [-0.4, -0.2) is 6.29 Å². The third-order valence-corrected chi connectivity index (χ3v) is 5.20. The third kappa shape index (κ3) is 2.69. The van der Waals surface area contributed by atoms with Gasteiger partial charge >= 0.3 is 0 Å². The Balaban J connectivity index is 2.06. The normalized spacial score (nSPS) is 15.3. The van der Waals surface area contributed by atoms with Gasteiger partial charge in [0.25, 0.3) is 0 Å². The Morgan fingerprint density at radius 3 is 2.81 bits per heavy atom. The van der Waals surface area contributed by atoms with Gasteiger partial charge in [-0.3, -0.25) is 4.79 Å². The van der Waals surface area contributed by atoms with E-state index in [-0.39, 0.29) is 5.03 Å². The fourth-order valence-corrected chi connectivity index (χ4v) is 3.64. The summed E-state index contributed by atoms with van der Waals surface area (Å²) in [6.07, 6.45) is 6.06. The highest BCUT2D eigenvalue weighted by Crippen LogP contribution is 2.36. The van der Waals surface area contributed by atoms with Crippen LogP contribution in [0.1, 0.15) is 21.7 Å². The van der Waals surface area contributed by atoms with Crippen LogP contribution in [0.5, 0.6) is 0 Å². The highest BCUT2D eigenvalue weighted by Gasteiger charge is 2.12. The van der Waals surface area contributed by atoms with E-state index in [1.807, 2.05) is 24.3 Å². The molecule has 21 heavy (non-hydrogen) atoms. The smallest absolute Gasteiger partial charge is 0.161 e. The van der Waals surface area contributed by atoms with E-state index in [0.29, 0.717) is 16.3 Å². The molecule has 0 N–H and O–H groups in total. The molecule has 1 nitrogen and oxygen atoms in total. The van der Waals surface area contributed by atoms with Gasteiger partial charge < -0.3 is 0 Å². The predicted molar refractivity (Wildman–Crippen MR) is 87.9 cm³/mol. The lowest BCUT2D eigenvalue weighted by atomic mass is 10.0. The topological polar surface area (TPSA) is 17.1 Å². The number of benzene rings is 1. The van der Waals surface area contributed by atoms with Crippen LogP contribution in [0.25, 0.3) is 15.7 Å². The fraction of sp³-hybridized carbons (Fsp3) is 0.0625. The molecular formula is C16H9Cl2FOS. The maximum atomic E-state index is 13.5. The number of hydrogen-bond donors (Lipinski definition) is 0. The predicted octanol–water partition coefficient (Wildman–Crippen LogP) is 6.13. The van der Waals surface area contributed by atoms with Gasteiger partial charge in [-0.2, -0.15) is 0 Å². The number of carbonyl (C=O) groups excluding carboxylic acids is 1. The molecule has 1 aliphatic carbocycles. The molecule has 1 aliphatic rings. The summed E-state index contributed by atoms with van der Waals surface area (Å²) in [4.78, 5) is 11.5. The summed E-state index contributed by atoms with van der Waals surface area (Å²) >= 11 is 13.3. The van der Waals surface area contributed by atoms with Gasteiger partial charge in [0.2, 0.25) is 0 Å². The van der Waals surface area contributed by atoms with Gasteiger partial charge in [0.1, 0.15) is 5.83 Å². The zero-order valence-electron chi connectivity index (χ0n) is 10.7. The molecule has 0 radical (unpaired) electrons. The van der Waals surface area contributed by atoms with Gasteiger partial charge in [0.05, 0.1) is 14.9 Å². The van der Waals surface area contributed by atoms with Crippen molar-refractivity contribution in [2.24, 2.45) is 0 Å². The van der Waals surface area contributed by atoms with Gasteiger partial charge in [-0.05, 0) is 23.3 Å². The number of carbonyl (C=O) groups is 1. The van der Waals surface area contributed by atoms with Crippen molar-refractivity contribution in [1.29, 1.82) is 0 Å². The number of allylic oxidation sites excluding steroid dienone is 6. The first-order valence-corrected chi connectivity index (χ1v) is 7.77. The second-order valence-electron chi connectivity index (χ2n) is 4.56. The van der Waals surface area contributed by atoms with Crippen molar-refractivity contribution in [3.63, 3.8) is 0 Å². The van der Waals surface area contributed by atoms with Gasteiger partial charge in [-0.25, -0.2) is 4.39 Å². The molecule has 0 aliphatic heterocycles. The minimum Gasteiger partial charge on any atom is -0.297 e. The number of rotatable bonds is 2. The first-order chi connectivity index (χ1) is 10.1. The number of halogens is 3. The lowest BCUT2D eigenvalue weighted by molar-refractivity contribution is 0.112. The first-order valence-electron chi connectivity index (χ1n) is 6.20. The van der Waals surface area contributed by atoms with Gasteiger partial charge in [0.15, 0.2) is 6.29 Å². The van der Waals surface area contributed by atoms with E-state index in [1.165, 1.54) is 17.4 Å². The molecule has 0 spiro atoms. The minimum atomic E-state index is -0.411. The Hall–Kier alpha value is -1.42. The lowest BCUT2D eigenvalue weighted by Gasteiger charge is -2.02. The molecule has 2 aromatic rings. The van der Waals surface area contributed by atoms with Crippen molar-refractivity contribution in [1.82, 2.24) is 0 Å². The molecule has 0 amide bonds. The highest BCUT2D eigenvalue weighted by atomic mass is 35.5. The van der Waals surface area contributed by atoms with Crippen molar-refractivity contribution in [2.75, 3.05) is 0 Å². The molecule has 0 bridgehead atoms. The summed E-state index contributed by atoms with van der Waals surface area (Å²) in [6, 6.07) is 5.73. The van der Waals surface area contributed by atoms with E-state index in [0.717, 1.165) is 27.5 Å². The average molecular weight is 339 g/mol. The lowest BCUT2D eigenvalue weighted by Crippen LogP contribution is -1.80. The molecular weight excluding hydrogens is 330 g/mol. The van der Waals surface area contributed by atoms with Crippen LogP contribution in [0.3, 0.4) is 0 Å². The first kappa shape index (κ1) is 14.5. The molecule has 0 saturated heterocycles. The van der Waals surface area contributed by atoms with Crippen LogP contribution < -0.4 is 0 Å². The Morgan fingerprint density at radius 2 is 2.05 bits per heavy atom. The third-order valence-electron chi connectivity index (χ3n) is 3.26. The van der Waals surface area contributed by atoms with E-state index < -0.39 is 5.83 Å². The molecule has 106 valence electrons. The molecule has 0 fully saturated rings. The molecule has 1 aromatic carbocycles. The molecule has 0 atom stereocenters. The summed E-state index contributed by atoms with van der Waals surface area (Å²) in [7, 11) is 0. The molecule has 0 unspecified atom stereocenters. The zero-order chi connectivity index (χ0) is 15.0. The van der Waals surface area contributed by atoms with E-state index in [9.17, 15) is 9.18 Å². The maximum absolute atomic E-state index is 13.5. The quantitative estimate of drug-likeness (QED) is 0.602. The summed E-state index contributed by atoms with van der Waals surface area (Å²) in [5.41, 5.74) is 1.83. The van der Waals surface area contributed by atoms with Crippen LogP contribution in [0.2, 0.25) is 5.02 Å². The number of fused-ring (bicyclic) bond motifs is 1. The van der Waals surface area contributed by atoms with E-state index in [1.54, 1.807) is 6.08 Å². The number of thiophene rings is 1. The average Bonchev–Trinajstić information content (AvgIpc) is 2.72.